The van der Waals surface area contributed by atoms with Crippen LogP contribution < -0.4 is 5.32 Å². The molecule has 0 unspecified atom stereocenters. The highest BCUT2D eigenvalue weighted by atomic mass is 79.9. The molecule has 106 valence electrons. The Kier molecular flexibility index (Phi) is 3.48. The van der Waals surface area contributed by atoms with Gasteiger partial charge in [-0.2, -0.15) is 0 Å². The van der Waals surface area contributed by atoms with Gasteiger partial charge < -0.3 is 5.32 Å². The Morgan fingerprint density at radius 2 is 1.90 bits per heavy atom. The van der Waals surface area contributed by atoms with Crippen LogP contribution in [0.5, 0.6) is 0 Å². The number of thiophene rings is 1. The minimum absolute atomic E-state index is 0.596. The molecule has 21 heavy (non-hydrogen) atoms. The molecule has 0 radical (unpaired) electrons. The molecule has 0 atom stereocenters. The van der Waals surface area contributed by atoms with E-state index in [1.165, 1.54) is 38.7 Å². The summed E-state index contributed by atoms with van der Waals surface area (Å²) < 4.78 is 2.60. The van der Waals surface area contributed by atoms with E-state index in [0.29, 0.717) is 12.0 Å². The van der Waals surface area contributed by atoms with E-state index in [4.69, 9.17) is 0 Å². The lowest BCUT2D eigenvalue weighted by atomic mass is 9.76. The van der Waals surface area contributed by atoms with Crippen molar-refractivity contribution in [3.05, 3.63) is 63.9 Å². The molecule has 0 spiro atoms. The molecular weight excluding hydrogens is 342 g/mol. The van der Waals surface area contributed by atoms with Crippen LogP contribution in [0.3, 0.4) is 0 Å². The van der Waals surface area contributed by atoms with E-state index >= 15 is 0 Å². The van der Waals surface area contributed by atoms with E-state index in [1.807, 2.05) is 0 Å². The molecule has 2 aromatic carbocycles. The van der Waals surface area contributed by atoms with Crippen molar-refractivity contribution in [3.63, 3.8) is 0 Å². The summed E-state index contributed by atoms with van der Waals surface area (Å²) in [7, 11) is 0. The number of hydrogen-bond donors (Lipinski definition) is 1. The molecule has 4 rings (SSSR count). The molecule has 1 fully saturated rings. The minimum Gasteiger partial charge on any atom is -0.382 e. The molecule has 1 aliphatic carbocycles. The monoisotopic (exact) mass is 357 g/mol. The molecule has 1 aromatic heterocycles. The summed E-state index contributed by atoms with van der Waals surface area (Å²) in [5, 5.41) is 7.16. The van der Waals surface area contributed by atoms with Gasteiger partial charge in [0.25, 0.3) is 0 Å². The van der Waals surface area contributed by atoms with Crippen molar-refractivity contribution in [2.24, 2.45) is 0 Å². The van der Waals surface area contributed by atoms with Gasteiger partial charge in [0, 0.05) is 20.9 Å². The van der Waals surface area contributed by atoms with Gasteiger partial charge in [-0.05, 0) is 65.4 Å². The molecule has 1 heterocycles. The molecule has 3 heteroatoms. The number of hydrogen-bond acceptors (Lipinski definition) is 2. The molecule has 1 saturated carbocycles. The van der Waals surface area contributed by atoms with Crippen LogP contribution >= 0.6 is 27.3 Å². The van der Waals surface area contributed by atoms with Crippen LogP contribution in [0.1, 0.15) is 24.3 Å². The Morgan fingerprint density at radius 3 is 2.76 bits per heavy atom. The number of benzene rings is 2. The molecule has 1 N–H and O–H groups in total. The first kappa shape index (κ1) is 13.4. The van der Waals surface area contributed by atoms with Crippen LogP contribution in [0.4, 0.5) is 5.69 Å². The Bertz CT molecular complexity index is 773. The van der Waals surface area contributed by atoms with Crippen molar-refractivity contribution in [2.45, 2.75) is 24.8 Å². The van der Waals surface area contributed by atoms with Crippen molar-refractivity contribution in [2.75, 3.05) is 5.32 Å². The van der Waals surface area contributed by atoms with Gasteiger partial charge in [-0.3, -0.25) is 0 Å². The lowest BCUT2D eigenvalue weighted by molar-refractivity contribution is 0.373. The molecule has 0 saturated heterocycles. The second-order valence-electron chi connectivity index (χ2n) is 5.70. The lowest BCUT2D eigenvalue weighted by Gasteiger charge is -2.37. The van der Waals surface area contributed by atoms with E-state index in [9.17, 15) is 0 Å². The number of rotatable bonds is 3. The highest BCUT2D eigenvalue weighted by Gasteiger charge is 2.31. The molecule has 0 bridgehead atoms. The maximum atomic E-state index is 3.67. The summed E-state index contributed by atoms with van der Waals surface area (Å²) >= 11 is 5.46. The molecule has 1 nitrogen and oxygen atoms in total. The van der Waals surface area contributed by atoms with Crippen LogP contribution in [0, 0.1) is 0 Å². The zero-order valence-corrected chi connectivity index (χ0v) is 14.0. The summed E-state index contributed by atoms with van der Waals surface area (Å²) in [5.74, 6) is 0.683. The van der Waals surface area contributed by atoms with E-state index in [2.05, 4.69) is 75.2 Å². The first-order valence-electron chi connectivity index (χ1n) is 7.28. The summed E-state index contributed by atoms with van der Waals surface area (Å²) in [4.78, 5) is 0. The minimum atomic E-state index is 0.596. The lowest BCUT2D eigenvalue weighted by Crippen LogP contribution is -2.34. The first-order valence-corrected chi connectivity index (χ1v) is 8.95. The topological polar surface area (TPSA) is 12.0 Å². The Balaban J connectivity index is 1.43. The maximum absolute atomic E-state index is 3.67. The number of halogens is 1. The maximum Gasteiger partial charge on any atom is 0.0349 e. The Labute approximate surface area is 137 Å². The number of anilines is 1. The van der Waals surface area contributed by atoms with E-state index in [-0.39, 0.29) is 0 Å². The molecule has 0 aliphatic heterocycles. The van der Waals surface area contributed by atoms with Crippen LogP contribution in [-0.4, -0.2) is 6.04 Å². The Hall–Kier alpha value is -1.32. The summed E-state index contributed by atoms with van der Waals surface area (Å²) in [6.45, 7) is 0. The van der Waals surface area contributed by atoms with Gasteiger partial charge >= 0.3 is 0 Å². The van der Waals surface area contributed by atoms with E-state index < -0.39 is 0 Å². The predicted octanol–water partition coefficient (Wildman–Crippen LogP) is 6.02. The normalized spacial score (nSPS) is 21.2. The predicted molar refractivity (Wildman–Crippen MR) is 95.4 cm³/mol. The highest BCUT2D eigenvalue weighted by Crippen LogP contribution is 2.41. The average molecular weight is 358 g/mol. The van der Waals surface area contributed by atoms with Gasteiger partial charge in [-0.1, -0.05) is 34.1 Å². The van der Waals surface area contributed by atoms with Crippen LogP contribution in [-0.2, 0) is 0 Å². The smallest absolute Gasteiger partial charge is 0.0349 e. The van der Waals surface area contributed by atoms with Crippen molar-refractivity contribution >= 4 is 43.0 Å². The van der Waals surface area contributed by atoms with E-state index in [0.717, 1.165) is 0 Å². The fraction of sp³-hybridized carbons (Fsp3) is 0.222. The quantitative estimate of drug-likeness (QED) is 0.603. The highest BCUT2D eigenvalue weighted by molar-refractivity contribution is 9.10. The first-order chi connectivity index (χ1) is 10.3. The average Bonchev–Trinajstić information content (AvgIpc) is 2.91. The fourth-order valence-electron chi connectivity index (χ4n) is 3.09. The number of nitrogens with one attached hydrogen (secondary N) is 1. The van der Waals surface area contributed by atoms with Gasteiger partial charge in [-0.25, -0.2) is 0 Å². The van der Waals surface area contributed by atoms with Gasteiger partial charge in [0.1, 0.15) is 0 Å². The van der Waals surface area contributed by atoms with Crippen molar-refractivity contribution < 1.29 is 0 Å². The third-order valence-electron chi connectivity index (χ3n) is 4.31. The van der Waals surface area contributed by atoms with Crippen molar-refractivity contribution in [1.29, 1.82) is 0 Å². The summed E-state index contributed by atoms with van der Waals surface area (Å²) in [6, 6.07) is 18.1. The SMILES string of the molecule is Brc1ccccc1C1CC(Nc2ccc3sccc3c2)C1. The molecular formula is C18H16BrNS. The standard InChI is InChI=1S/C18H16BrNS/c19-17-4-2-1-3-16(17)13-10-15(11-13)20-14-5-6-18-12(9-14)7-8-21-18/h1-9,13,15,20H,10-11H2. The second-order valence-corrected chi connectivity index (χ2v) is 7.51. The van der Waals surface area contributed by atoms with Crippen LogP contribution in [0.15, 0.2) is 58.4 Å². The molecule has 3 aromatic rings. The zero-order chi connectivity index (χ0) is 14.2. The number of fused-ring (bicyclic) bond motifs is 1. The second kappa shape index (κ2) is 5.47. The zero-order valence-electron chi connectivity index (χ0n) is 11.6. The largest absolute Gasteiger partial charge is 0.382 e. The van der Waals surface area contributed by atoms with Crippen molar-refractivity contribution in [3.8, 4) is 0 Å². The summed E-state index contributed by atoms with van der Waals surface area (Å²) in [5.41, 5.74) is 2.69. The van der Waals surface area contributed by atoms with Gasteiger partial charge in [-0.15, -0.1) is 11.3 Å². The third-order valence-corrected chi connectivity index (χ3v) is 5.93. The van der Waals surface area contributed by atoms with Crippen LogP contribution in [0.2, 0.25) is 0 Å². The van der Waals surface area contributed by atoms with Crippen molar-refractivity contribution in [1.82, 2.24) is 0 Å². The van der Waals surface area contributed by atoms with Gasteiger partial charge in [0.05, 0.1) is 0 Å². The summed E-state index contributed by atoms with van der Waals surface area (Å²) in [6.07, 6.45) is 2.43. The van der Waals surface area contributed by atoms with Gasteiger partial charge in [0.2, 0.25) is 0 Å². The third kappa shape index (κ3) is 2.60. The van der Waals surface area contributed by atoms with E-state index in [1.54, 1.807) is 11.3 Å². The van der Waals surface area contributed by atoms with Crippen LogP contribution in [0.25, 0.3) is 10.1 Å². The van der Waals surface area contributed by atoms with Gasteiger partial charge in [0.15, 0.2) is 0 Å². The molecule has 1 aliphatic rings. The Morgan fingerprint density at radius 1 is 1.05 bits per heavy atom. The molecule has 0 amide bonds. The fourth-order valence-corrected chi connectivity index (χ4v) is 4.47.